The Kier molecular flexibility index (Phi) is 2.63. The van der Waals surface area contributed by atoms with E-state index in [0.717, 1.165) is 25.7 Å². The summed E-state index contributed by atoms with van der Waals surface area (Å²) in [7, 11) is 0. The molecule has 0 bridgehead atoms. The fraction of sp³-hybridized carbons (Fsp3) is 1.00. The number of nitrogens with one attached hydrogen (secondary N) is 1. The largest absolute Gasteiger partial charge is 0.379 e. The summed E-state index contributed by atoms with van der Waals surface area (Å²) in [4.78, 5) is 2.55. The van der Waals surface area contributed by atoms with Crippen LogP contribution in [0.1, 0.15) is 6.92 Å². The molecule has 0 aromatic rings. The first-order valence-corrected chi connectivity index (χ1v) is 4.89. The van der Waals surface area contributed by atoms with Crippen LogP contribution in [0.3, 0.4) is 0 Å². The van der Waals surface area contributed by atoms with Crippen LogP contribution in [0.25, 0.3) is 0 Å². The molecule has 2 aliphatic heterocycles. The van der Waals surface area contributed by atoms with E-state index in [2.05, 4.69) is 17.1 Å². The highest BCUT2D eigenvalue weighted by Crippen LogP contribution is 2.11. The first-order valence-electron chi connectivity index (χ1n) is 4.89. The van der Waals surface area contributed by atoms with E-state index in [4.69, 9.17) is 4.74 Å². The van der Waals surface area contributed by atoms with Crippen molar-refractivity contribution in [3.63, 3.8) is 0 Å². The van der Waals surface area contributed by atoms with Crippen molar-refractivity contribution in [1.29, 1.82) is 0 Å². The minimum atomic E-state index is 0.624. The maximum atomic E-state index is 5.39. The Bertz CT molecular complexity index is 147. The molecule has 0 saturated carbocycles. The Morgan fingerprint density at radius 3 is 2.92 bits per heavy atom. The summed E-state index contributed by atoms with van der Waals surface area (Å²) < 4.78 is 5.39. The van der Waals surface area contributed by atoms with Gasteiger partial charge in [0.25, 0.3) is 0 Å². The molecule has 0 aliphatic carbocycles. The van der Waals surface area contributed by atoms with Gasteiger partial charge in [-0.3, -0.25) is 4.90 Å². The van der Waals surface area contributed by atoms with Gasteiger partial charge in [0, 0.05) is 32.2 Å². The van der Waals surface area contributed by atoms with Crippen molar-refractivity contribution in [3.05, 3.63) is 0 Å². The maximum absolute atomic E-state index is 5.39. The third-order valence-electron chi connectivity index (χ3n) is 2.86. The first-order chi connectivity index (χ1) is 5.86. The molecule has 2 heterocycles. The Hall–Kier alpha value is -0.120. The molecule has 12 heavy (non-hydrogen) atoms. The normalized spacial score (nSPS) is 33.2. The number of ether oxygens (including phenoxy) is 1. The van der Waals surface area contributed by atoms with Crippen molar-refractivity contribution in [2.45, 2.75) is 13.0 Å². The Labute approximate surface area is 74.1 Å². The van der Waals surface area contributed by atoms with Gasteiger partial charge in [-0.15, -0.1) is 0 Å². The average Bonchev–Trinajstić information content (AvgIpc) is 2.00. The Morgan fingerprint density at radius 1 is 1.50 bits per heavy atom. The van der Waals surface area contributed by atoms with Crippen LogP contribution < -0.4 is 5.32 Å². The summed E-state index contributed by atoms with van der Waals surface area (Å²) in [6, 6.07) is 0.624. The van der Waals surface area contributed by atoms with Crippen LogP contribution in [0.4, 0.5) is 0 Å². The molecule has 3 heteroatoms. The fourth-order valence-corrected chi connectivity index (χ4v) is 1.84. The lowest BCUT2D eigenvalue weighted by Gasteiger charge is -2.38. The lowest BCUT2D eigenvalue weighted by Crippen LogP contribution is -2.53. The molecule has 3 nitrogen and oxygen atoms in total. The van der Waals surface area contributed by atoms with Gasteiger partial charge in [-0.05, 0) is 12.8 Å². The summed E-state index contributed by atoms with van der Waals surface area (Å²) in [6.07, 6.45) is 0. The molecule has 1 unspecified atom stereocenters. The summed E-state index contributed by atoms with van der Waals surface area (Å²) in [5.41, 5.74) is 0. The van der Waals surface area contributed by atoms with E-state index in [1.807, 2.05) is 0 Å². The van der Waals surface area contributed by atoms with Crippen molar-refractivity contribution >= 4 is 0 Å². The Morgan fingerprint density at radius 2 is 2.33 bits per heavy atom. The van der Waals surface area contributed by atoms with Gasteiger partial charge in [0.15, 0.2) is 0 Å². The van der Waals surface area contributed by atoms with E-state index in [0.29, 0.717) is 6.04 Å². The maximum Gasteiger partial charge on any atom is 0.0619 e. The zero-order valence-electron chi connectivity index (χ0n) is 7.75. The van der Waals surface area contributed by atoms with Gasteiger partial charge in [0.2, 0.25) is 0 Å². The third-order valence-corrected chi connectivity index (χ3v) is 2.86. The van der Waals surface area contributed by atoms with Crippen LogP contribution in [-0.4, -0.2) is 50.3 Å². The molecule has 0 spiro atoms. The second-order valence-corrected chi connectivity index (χ2v) is 3.94. The lowest BCUT2D eigenvalue weighted by molar-refractivity contribution is -0.0107. The van der Waals surface area contributed by atoms with Crippen LogP contribution in [0.5, 0.6) is 0 Å². The molecule has 1 N–H and O–H groups in total. The number of morpholine rings is 1. The fourth-order valence-electron chi connectivity index (χ4n) is 1.84. The molecule has 0 radical (unpaired) electrons. The molecule has 0 amide bonds. The van der Waals surface area contributed by atoms with Gasteiger partial charge in [-0.2, -0.15) is 0 Å². The van der Waals surface area contributed by atoms with E-state index in [1.165, 1.54) is 19.6 Å². The lowest BCUT2D eigenvalue weighted by atomic mass is 10.0. The molecule has 2 rings (SSSR count). The molecule has 2 fully saturated rings. The molecule has 0 aromatic carbocycles. The van der Waals surface area contributed by atoms with Crippen LogP contribution in [0, 0.1) is 5.92 Å². The van der Waals surface area contributed by atoms with Gasteiger partial charge in [-0.1, -0.05) is 0 Å². The molecular formula is C9H18N2O. The van der Waals surface area contributed by atoms with Gasteiger partial charge < -0.3 is 10.1 Å². The van der Waals surface area contributed by atoms with Crippen molar-refractivity contribution in [3.8, 4) is 0 Å². The summed E-state index contributed by atoms with van der Waals surface area (Å²) in [5, 5.41) is 3.31. The van der Waals surface area contributed by atoms with Crippen molar-refractivity contribution < 1.29 is 4.74 Å². The van der Waals surface area contributed by atoms with Crippen LogP contribution in [0.15, 0.2) is 0 Å². The number of hydrogen-bond donors (Lipinski definition) is 1. The van der Waals surface area contributed by atoms with E-state index < -0.39 is 0 Å². The van der Waals surface area contributed by atoms with Gasteiger partial charge in [-0.25, -0.2) is 0 Å². The summed E-state index contributed by atoms with van der Waals surface area (Å²) in [5.74, 6) is 0.894. The minimum absolute atomic E-state index is 0.624. The van der Waals surface area contributed by atoms with E-state index in [9.17, 15) is 0 Å². The molecule has 1 atom stereocenters. The molecule has 0 aromatic heterocycles. The zero-order chi connectivity index (χ0) is 8.39. The molecule has 2 saturated heterocycles. The highest BCUT2D eigenvalue weighted by Gasteiger charge is 2.24. The highest BCUT2D eigenvalue weighted by molar-refractivity contribution is 4.81. The minimum Gasteiger partial charge on any atom is -0.379 e. The molecule has 2 aliphatic rings. The summed E-state index contributed by atoms with van der Waals surface area (Å²) in [6.45, 7) is 8.90. The quantitative estimate of drug-likeness (QED) is 0.627. The first kappa shape index (κ1) is 8.48. The Balaban J connectivity index is 1.76. The smallest absolute Gasteiger partial charge is 0.0619 e. The van der Waals surface area contributed by atoms with Crippen LogP contribution >= 0.6 is 0 Å². The van der Waals surface area contributed by atoms with Gasteiger partial charge in [0.1, 0.15) is 0 Å². The van der Waals surface area contributed by atoms with Crippen molar-refractivity contribution in [2.75, 3.05) is 39.4 Å². The van der Waals surface area contributed by atoms with Gasteiger partial charge in [0.05, 0.1) is 13.2 Å². The van der Waals surface area contributed by atoms with E-state index >= 15 is 0 Å². The zero-order valence-corrected chi connectivity index (χ0v) is 7.75. The topological polar surface area (TPSA) is 24.5 Å². The molecule has 70 valence electrons. The SMILES string of the molecule is CC1COCCN1CC1CNC1. The van der Waals surface area contributed by atoms with E-state index in [-0.39, 0.29) is 0 Å². The van der Waals surface area contributed by atoms with E-state index in [1.54, 1.807) is 0 Å². The third kappa shape index (κ3) is 1.79. The van der Waals surface area contributed by atoms with Crippen molar-refractivity contribution in [1.82, 2.24) is 10.2 Å². The predicted molar refractivity (Wildman–Crippen MR) is 48.2 cm³/mol. The second kappa shape index (κ2) is 3.73. The monoisotopic (exact) mass is 170 g/mol. The second-order valence-electron chi connectivity index (χ2n) is 3.94. The van der Waals surface area contributed by atoms with Gasteiger partial charge >= 0.3 is 0 Å². The number of nitrogens with zero attached hydrogens (tertiary/aromatic N) is 1. The number of rotatable bonds is 2. The predicted octanol–water partition coefficient (Wildman–Crippen LogP) is -0.0735. The van der Waals surface area contributed by atoms with Crippen molar-refractivity contribution in [2.24, 2.45) is 5.92 Å². The standard InChI is InChI=1S/C9H18N2O/c1-8-7-12-3-2-11(8)6-9-4-10-5-9/h8-10H,2-7H2,1H3. The number of hydrogen-bond acceptors (Lipinski definition) is 3. The average molecular weight is 170 g/mol. The summed E-state index contributed by atoms with van der Waals surface area (Å²) >= 11 is 0. The highest BCUT2D eigenvalue weighted by atomic mass is 16.5. The van der Waals surface area contributed by atoms with Crippen LogP contribution in [0.2, 0.25) is 0 Å². The van der Waals surface area contributed by atoms with Crippen LogP contribution in [-0.2, 0) is 4.74 Å². The molecular weight excluding hydrogens is 152 g/mol.